The quantitative estimate of drug-likeness (QED) is 0.106. The number of likely N-dealkylation sites (tertiary alicyclic amines) is 1. The summed E-state index contributed by atoms with van der Waals surface area (Å²) in [6, 6.07) is 1.29. The van der Waals surface area contributed by atoms with Crippen molar-refractivity contribution in [1.29, 1.82) is 0 Å². The largest absolute Gasteiger partial charge is 0.481 e. The number of carbonyl (C=O) groups excluding carboxylic acids is 3. The van der Waals surface area contributed by atoms with Crippen LogP contribution in [0.15, 0.2) is 38.8 Å². The molecule has 2 fully saturated rings. The Morgan fingerprint density at radius 3 is 2.26 bits per heavy atom. The highest BCUT2D eigenvalue weighted by Gasteiger charge is 2.48. The number of carbonyl (C=O) groups is 6. The lowest BCUT2D eigenvalue weighted by Crippen LogP contribution is -2.55. The van der Waals surface area contributed by atoms with Crippen LogP contribution in [0.1, 0.15) is 85.5 Å². The van der Waals surface area contributed by atoms with Crippen LogP contribution in [0.4, 0.5) is 0 Å². The Kier molecular flexibility index (Phi) is 17.0. The Balaban J connectivity index is 0.000000310. The number of rotatable bonds is 18. The lowest BCUT2D eigenvalue weighted by atomic mass is 9.84. The second-order valence-corrected chi connectivity index (χ2v) is 15.9. The molecule has 2 aliphatic rings. The van der Waals surface area contributed by atoms with Gasteiger partial charge < -0.3 is 40.2 Å². The number of fused-ring (bicyclic) bond motifs is 1. The van der Waals surface area contributed by atoms with E-state index in [2.05, 4.69) is 15.1 Å². The molecule has 57 heavy (non-hydrogen) atoms. The van der Waals surface area contributed by atoms with Crippen LogP contribution >= 0.6 is 11.6 Å². The summed E-state index contributed by atoms with van der Waals surface area (Å²) in [7, 11) is -4.42. The number of esters is 1. The molecule has 0 radical (unpaired) electrons. The van der Waals surface area contributed by atoms with Crippen LogP contribution in [-0.2, 0) is 43.3 Å². The van der Waals surface area contributed by atoms with Crippen molar-refractivity contribution in [2.24, 2.45) is 5.92 Å². The minimum Gasteiger partial charge on any atom is -0.481 e. The Morgan fingerprint density at radius 1 is 1.04 bits per heavy atom. The van der Waals surface area contributed by atoms with Crippen LogP contribution < -0.4 is 20.3 Å². The topological polar surface area (TPSA) is 296 Å². The van der Waals surface area contributed by atoms with Crippen LogP contribution in [0.3, 0.4) is 0 Å². The summed E-state index contributed by atoms with van der Waals surface area (Å²) in [5.41, 5.74) is 0. The smallest absolute Gasteiger partial charge is 0.415 e. The predicted octanol–water partition coefficient (Wildman–Crippen LogP) is 1.94. The van der Waals surface area contributed by atoms with E-state index in [0.717, 1.165) is 44.2 Å². The molecule has 2 heterocycles. The van der Waals surface area contributed by atoms with Gasteiger partial charge in [-0.25, -0.2) is 18.0 Å². The number of amides is 2. The molecular weight excluding hydrogens is 798 g/mol. The SMILES string of the molecule is CC(CC(=O)N[C@@H](CC(=O)O)C(=O)O)Oc1no[n+]([O-])c1S(=O)(=O)c1ccc(Cl)cc1.CCC[C@H](N[C@@H](C)C(=O)N1C(C(=O)O)C[C@@H]2CCCC[C@@H]21)C(=O)OCC. The van der Waals surface area contributed by atoms with Crippen molar-refractivity contribution in [1.82, 2.24) is 20.7 Å². The molecular formula is C35H48ClN5O15S. The Bertz CT molecular complexity index is 1860. The van der Waals surface area contributed by atoms with Crippen molar-refractivity contribution in [2.75, 3.05) is 6.61 Å². The van der Waals surface area contributed by atoms with E-state index >= 15 is 0 Å². The van der Waals surface area contributed by atoms with Crippen molar-refractivity contribution in [2.45, 2.75) is 132 Å². The van der Waals surface area contributed by atoms with E-state index < -0.39 is 87.7 Å². The van der Waals surface area contributed by atoms with Gasteiger partial charge in [-0.2, -0.15) is 0 Å². The third-order valence-corrected chi connectivity index (χ3v) is 11.3. The van der Waals surface area contributed by atoms with E-state index in [1.54, 1.807) is 18.7 Å². The van der Waals surface area contributed by atoms with Crippen LogP contribution in [0.2, 0.25) is 5.02 Å². The molecule has 2 aromatic rings. The second kappa shape index (κ2) is 20.9. The van der Waals surface area contributed by atoms with Gasteiger partial charge in [0.25, 0.3) is 9.84 Å². The van der Waals surface area contributed by atoms with Crippen LogP contribution in [0.5, 0.6) is 5.88 Å². The van der Waals surface area contributed by atoms with Crippen molar-refractivity contribution in [3.05, 3.63) is 34.5 Å². The number of nitrogens with zero attached hydrogens (tertiary/aromatic N) is 3. The van der Waals surface area contributed by atoms with E-state index in [1.165, 1.54) is 19.1 Å². The van der Waals surface area contributed by atoms with E-state index in [9.17, 15) is 47.5 Å². The summed E-state index contributed by atoms with van der Waals surface area (Å²) >= 11 is 5.73. The molecule has 316 valence electrons. The highest BCUT2D eigenvalue weighted by Crippen LogP contribution is 2.40. The second-order valence-electron chi connectivity index (χ2n) is 13.6. The molecule has 1 aliphatic carbocycles. The standard InChI is InChI=1S/C19H32N2O5.C16H16ClN3O10S/c1-4-8-14(19(25)26-5-2)20-12(3)17(22)21-15-10-7-6-9-13(15)11-16(21)18(23)24;1-8(6-12(21)18-11(16(24)25)7-13(22)23)29-14-15(20(26)30-19-14)31(27,28)10-4-2-9(17)3-5-10/h12-16,20H,4-11H2,1-3H3,(H,23,24);2-5,8,11H,6-7H2,1H3,(H,18,21)(H,22,23)(H,24,25)/t12-,13-,14-,15-,16?;8?,11-/m00/s1. The molecule has 1 saturated heterocycles. The monoisotopic (exact) mass is 845 g/mol. The molecule has 1 aliphatic heterocycles. The zero-order chi connectivity index (χ0) is 42.6. The summed E-state index contributed by atoms with van der Waals surface area (Å²) in [6.07, 6.45) is 3.43. The van der Waals surface area contributed by atoms with Crippen molar-refractivity contribution in [3.8, 4) is 5.88 Å². The lowest BCUT2D eigenvalue weighted by molar-refractivity contribution is -0.832. The maximum Gasteiger partial charge on any atom is 0.415 e. The molecule has 0 bridgehead atoms. The summed E-state index contributed by atoms with van der Waals surface area (Å²) in [4.78, 5) is 71.5. The van der Waals surface area contributed by atoms with E-state index in [0.29, 0.717) is 19.4 Å². The van der Waals surface area contributed by atoms with Crippen molar-refractivity contribution >= 4 is 57.1 Å². The number of aromatic nitrogens is 2. The van der Waals surface area contributed by atoms with Crippen LogP contribution in [0, 0.1) is 11.1 Å². The van der Waals surface area contributed by atoms with Gasteiger partial charge in [-0.05, 0) is 81.5 Å². The molecule has 22 heteroatoms. The Labute approximate surface area is 333 Å². The van der Waals surface area contributed by atoms with Crippen molar-refractivity contribution < 1.29 is 71.5 Å². The molecule has 20 nitrogen and oxygen atoms in total. The van der Waals surface area contributed by atoms with Gasteiger partial charge in [-0.15, -0.1) is 0 Å². The molecule has 0 spiro atoms. The molecule has 2 amide bonds. The number of sulfone groups is 1. The zero-order valence-corrected chi connectivity index (χ0v) is 33.4. The summed E-state index contributed by atoms with van der Waals surface area (Å²) in [6.45, 7) is 7.03. The van der Waals surface area contributed by atoms with Gasteiger partial charge in [0.15, 0.2) is 0 Å². The fraction of sp³-hybridized carbons (Fsp3) is 0.600. The predicted molar refractivity (Wildman–Crippen MR) is 195 cm³/mol. The molecule has 1 aromatic carbocycles. The normalized spacial score (nSPS) is 19.7. The first-order valence-corrected chi connectivity index (χ1v) is 20.2. The fourth-order valence-corrected chi connectivity index (χ4v) is 8.14. The average Bonchev–Trinajstić information content (AvgIpc) is 3.71. The number of benzene rings is 1. The first-order chi connectivity index (χ1) is 26.8. The number of carboxylic acids is 3. The van der Waals surface area contributed by atoms with Gasteiger partial charge >= 0.3 is 34.8 Å². The molecule has 1 saturated carbocycles. The Morgan fingerprint density at radius 2 is 1.68 bits per heavy atom. The zero-order valence-electron chi connectivity index (χ0n) is 31.8. The van der Waals surface area contributed by atoms with Gasteiger partial charge in [0.05, 0.1) is 35.5 Å². The lowest BCUT2D eigenvalue weighted by Gasteiger charge is -2.35. The summed E-state index contributed by atoms with van der Waals surface area (Å²) < 4.78 is 40.1. The minimum absolute atomic E-state index is 0.00817. The van der Waals surface area contributed by atoms with Gasteiger partial charge in [0.1, 0.15) is 24.2 Å². The average molecular weight is 846 g/mol. The highest BCUT2D eigenvalue weighted by molar-refractivity contribution is 7.91. The first-order valence-electron chi connectivity index (χ1n) is 18.3. The summed E-state index contributed by atoms with van der Waals surface area (Å²) in [5.74, 6) is -5.83. The number of aliphatic carboxylic acids is 3. The van der Waals surface area contributed by atoms with Gasteiger partial charge in [-0.1, -0.05) is 37.8 Å². The molecule has 7 atom stereocenters. The molecule has 5 N–H and O–H groups in total. The molecule has 2 unspecified atom stereocenters. The minimum atomic E-state index is -4.42. The number of hydrogen-bond acceptors (Lipinski definition) is 14. The van der Waals surface area contributed by atoms with Gasteiger partial charge in [0, 0.05) is 11.1 Å². The number of nitrogens with one attached hydrogen (secondary N) is 2. The van der Waals surface area contributed by atoms with Gasteiger partial charge in [-0.3, -0.25) is 29.1 Å². The van der Waals surface area contributed by atoms with Gasteiger partial charge in [0.2, 0.25) is 11.8 Å². The van der Waals surface area contributed by atoms with E-state index in [4.69, 9.17) is 31.3 Å². The van der Waals surface area contributed by atoms with E-state index in [-0.39, 0.29) is 38.7 Å². The van der Waals surface area contributed by atoms with Crippen LogP contribution in [-0.4, -0.2) is 112 Å². The number of ether oxygens (including phenoxy) is 2. The molecule has 4 rings (SSSR count). The highest BCUT2D eigenvalue weighted by atomic mass is 35.5. The maximum atomic E-state index is 13.1. The first kappa shape index (κ1) is 46.4. The summed E-state index contributed by atoms with van der Waals surface area (Å²) in [5, 5.41) is 46.7. The van der Waals surface area contributed by atoms with Crippen molar-refractivity contribution in [3.63, 3.8) is 0 Å². The third kappa shape index (κ3) is 12.5. The number of carboxylic acid groups (broad SMARTS) is 3. The van der Waals surface area contributed by atoms with Crippen LogP contribution in [0.25, 0.3) is 0 Å². The Hall–Kier alpha value is -5.02. The maximum absolute atomic E-state index is 13.1. The molecule has 1 aromatic heterocycles. The van der Waals surface area contributed by atoms with E-state index in [1.807, 2.05) is 12.2 Å². The number of halogens is 1. The number of hydrogen-bond donors (Lipinski definition) is 5. The third-order valence-electron chi connectivity index (χ3n) is 9.32. The fourth-order valence-electron chi connectivity index (χ4n) is 6.75.